The molecule has 6 heteroatoms. The van der Waals surface area contributed by atoms with Crippen LogP contribution in [0.5, 0.6) is 0 Å². The number of aliphatic hydroxyl groups is 1. The average Bonchev–Trinajstić information content (AvgIpc) is 3.09. The van der Waals surface area contributed by atoms with Crippen LogP contribution in [0.1, 0.15) is 5.56 Å². The molecule has 1 saturated heterocycles. The van der Waals surface area contributed by atoms with Crippen molar-refractivity contribution in [2.45, 2.75) is 19.2 Å². The first-order valence-corrected chi connectivity index (χ1v) is 8.47. The van der Waals surface area contributed by atoms with E-state index in [0.29, 0.717) is 13.1 Å². The second kappa shape index (κ2) is 8.28. The lowest BCUT2D eigenvalue weighted by molar-refractivity contribution is 0.103. The highest BCUT2D eigenvalue weighted by Crippen LogP contribution is 2.22. The van der Waals surface area contributed by atoms with Crippen LogP contribution in [0.25, 0.3) is 0 Å². The Labute approximate surface area is 143 Å². The molecule has 0 unspecified atom stereocenters. The molecule has 24 heavy (non-hydrogen) atoms. The topological polar surface area (TPSA) is 53.8 Å². The zero-order valence-electron chi connectivity index (χ0n) is 14.2. The Morgan fingerprint density at radius 2 is 2.04 bits per heavy atom. The van der Waals surface area contributed by atoms with Gasteiger partial charge >= 0.3 is 0 Å². The minimum Gasteiger partial charge on any atom is -0.390 e. The summed E-state index contributed by atoms with van der Waals surface area (Å²) in [5.41, 5.74) is 2.56. The molecule has 0 amide bonds. The number of morpholine rings is 1. The van der Waals surface area contributed by atoms with Gasteiger partial charge in [0.05, 0.1) is 25.9 Å². The summed E-state index contributed by atoms with van der Waals surface area (Å²) in [6.45, 7) is 5.37. The summed E-state index contributed by atoms with van der Waals surface area (Å²) in [6.07, 6.45) is 3.16. The predicted molar refractivity (Wildman–Crippen MR) is 94.0 cm³/mol. The molecule has 1 fully saturated rings. The Morgan fingerprint density at radius 3 is 2.79 bits per heavy atom. The lowest BCUT2D eigenvalue weighted by Crippen LogP contribution is -2.37. The van der Waals surface area contributed by atoms with Gasteiger partial charge in [-0.1, -0.05) is 18.2 Å². The van der Waals surface area contributed by atoms with Gasteiger partial charge in [-0.05, 0) is 24.7 Å². The number of rotatable bonds is 7. The van der Waals surface area contributed by atoms with Crippen LogP contribution in [0.4, 0.5) is 5.69 Å². The highest BCUT2D eigenvalue weighted by Gasteiger charge is 2.16. The van der Waals surface area contributed by atoms with Crippen LogP contribution in [0, 0.1) is 0 Å². The number of ether oxygens (including phenoxy) is 1. The molecule has 6 nitrogen and oxygen atoms in total. The van der Waals surface area contributed by atoms with Gasteiger partial charge in [0.15, 0.2) is 0 Å². The third-order valence-electron chi connectivity index (χ3n) is 4.26. The van der Waals surface area contributed by atoms with E-state index in [4.69, 9.17) is 4.74 Å². The highest BCUT2D eigenvalue weighted by molar-refractivity contribution is 5.53. The SMILES string of the molecule is CN(Cc1ccccc1N1CCOCC1)C[C@@H](O)Cn1cccn1. The standard InChI is InChI=1S/C18H26N4O2/c1-20(14-17(23)15-22-8-4-7-19-22)13-16-5-2-3-6-18(16)21-9-11-24-12-10-21/h2-8,17,23H,9-15H2,1H3/t17-/m1/s1. The number of aliphatic hydroxyl groups excluding tert-OH is 1. The molecular weight excluding hydrogens is 304 g/mol. The normalized spacial score (nSPS) is 16.5. The van der Waals surface area contributed by atoms with Crippen molar-refractivity contribution in [2.24, 2.45) is 0 Å². The second-order valence-corrected chi connectivity index (χ2v) is 6.31. The van der Waals surface area contributed by atoms with E-state index >= 15 is 0 Å². The van der Waals surface area contributed by atoms with Gasteiger partial charge in [0.25, 0.3) is 0 Å². The molecule has 1 atom stereocenters. The summed E-state index contributed by atoms with van der Waals surface area (Å²) in [4.78, 5) is 4.54. The van der Waals surface area contributed by atoms with E-state index in [9.17, 15) is 5.11 Å². The third-order valence-corrected chi connectivity index (χ3v) is 4.26. The molecule has 0 radical (unpaired) electrons. The Morgan fingerprint density at radius 1 is 1.25 bits per heavy atom. The molecule has 0 spiro atoms. The van der Waals surface area contributed by atoms with E-state index in [1.165, 1.54) is 11.3 Å². The first-order valence-electron chi connectivity index (χ1n) is 8.47. The summed E-state index contributed by atoms with van der Waals surface area (Å²) in [7, 11) is 2.04. The summed E-state index contributed by atoms with van der Waals surface area (Å²) in [5, 5.41) is 14.4. The van der Waals surface area contributed by atoms with Crippen molar-refractivity contribution >= 4 is 5.69 Å². The molecule has 0 saturated carbocycles. The van der Waals surface area contributed by atoms with Crippen LogP contribution in [-0.2, 0) is 17.8 Å². The van der Waals surface area contributed by atoms with Crippen LogP contribution < -0.4 is 4.90 Å². The quantitative estimate of drug-likeness (QED) is 0.827. The fourth-order valence-corrected chi connectivity index (χ4v) is 3.15. The lowest BCUT2D eigenvalue weighted by atomic mass is 10.1. The monoisotopic (exact) mass is 330 g/mol. The average molecular weight is 330 g/mol. The first kappa shape index (κ1) is 17.0. The number of anilines is 1. The maximum atomic E-state index is 10.3. The van der Waals surface area contributed by atoms with E-state index in [1.54, 1.807) is 10.9 Å². The predicted octanol–water partition coefficient (Wildman–Crippen LogP) is 1.21. The zero-order valence-corrected chi connectivity index (χ0v) is 14.2. The number of likely N-dealkylation sites (N-methyl/N-ethyl adjacent to an activating group) is 1. The van der Waals surface area contributed by atoms with Crippen molar-refractivity contribution in [3.8, 4) is 0 Å². The van der Waals surface area contributed by atoms with Crippen LogP contribution in [0.2, 0.25) is 0 Å². The minimum atomic E-state index is -0.439. The number of aromatic nitrogens is 2. The van der Waals surface area contributed by atoms with Crippen molar-refractivity contribution in [3.05, 3.63) is 48.3 Å². The van der Waals surface area contributed by atoms with Crippen molar-refractivity contribution in [1.82, 2.24) is 14.7 Å². The van der Waals surface area contributed by atoms with Gasteiger partial charge in [-0.15, -0.1) is 0 Å². The molecule has 2 heterocycles. The second-order valence-electron chi connectivity index (χ2n) is 6.31. The fraction of sp³-hybridized carbons (Fsp3) is 0.500. The minimum absolute atomic E-state index is 0.439. The van der Waals surface area contributed by atoms with Gasteiger partial charge in [-0.25, -0.2) is 0 Å². The Bertz CT molecular complexity index is 611. The van der Waals surface area contributed by atoms with Gasteiger partial charge in [0, 0.05) is 44.3 Å². The molecular formula is C18H26N4O2. The van der Waals surface area contributed by atoms with Crippen LogP contribution >= 0.6 is 0 Å². The molecule has 1 aliphatic heterocycles. The smallest absolute Gasteiger partial charge is 0.0862 e. The van der Waals surface area contributed by atoms with Gasteiger partial charge in [0.1, 0.15) is 0 Å². The Hall–Kier alpha value is -1.89. The number of nitrogens with zero attached hydrogens (tertiary/aromatic N) is 4. The summed E-state index contributed by atoms with van der Waals surface area (Å²) in [5.74, 6) is 0. The molecule has 0 bridgehead atoms. The number of hydrogen-bond acceptors (Lipinski definition) is 5. The van der Waals surface area contributed by atoms with Gasteiger partial charge in [0.2, 0.25) is 0 Å². The Balaban J connectivity index is 1.58. The first-order chi connectivity index (χ1) is 11.7. The molecule has 130 valence electrons. The van der Waals surface area contributed by atoms with Crippen molar-refractivity contribution < 1.29 is 9.84 Å². The number of hydrogen-bond donors (Lipinski definition) is 1. The van der Waals surface area contributed by atoms with E-state index < -0.39 is 6.10 Å². The molecule has 1 aromatic heterocycles. The van der Waals surface area contributed by atoms with E-state index in [1.807, 2.05) is 19.3 Å². The molecule has 0 aliphatic carbocycles. The molecule has 1 N–H and O–H groups in total. The van der Waals surface area contributed by atoms with Gasteiger partial charge in [-0.2, -0.15) is 5.10 Å². The summed E-state index contributed by atoms with van der Waals surface area (Å²) >= 11 is 0. The maximum absolute atomic E-state index is 10.3. The van der Waals surface area contributed by atoms with E-state index in [-0.39, 0.29) is 0 Å². The summed E-state index contributed by atoms with van der Waals surface area (Å²) in [6, 6.07) is 10.4. The lowest BCUT2D eigenvalue weighted by Gasteiger charge is -2.31. The van der Waals surface area contributed by atoms with Crippen molar-refractivity contribution in [1.29, 1.82) is 0 Å². The molecule has 3 rings (SSSR count). The number of para-hydroxylation sites is 1. The summed E-state index contributed by atoms with van der Waals surface area (Å²) < 4.78 is 7.22. The maximum Gasteiger partial charge on any atom is 0.0862 e. The highest BCUT2D eigenvalue weighted by atomic mass is 16.5. The largest absolute Gasteiger partial charge is 0.390 e. The molecule has 2 aromatic rings. The Kier molecular flexibility index (Phi) is 5.85. The van der Waals surface area contributed by atoms with E-state index in [2.05, 4.69) is 39.2 Å². The van der Waals surface area contributed by atoms with Crippen molar-refractivity contribution in [2.75, 3.05) is 44.8 Å². The fourth-order valence-electron chi connectivity index (χ4n) is 3.15. The van der Waals surface area contributed by atoms with E-state index in [0.717, 1.165) is 32.8 Å². The zero-order chi connectivity index (χ0) is 16.8. The molecule has 1 aliphatic rings. The van der Waals surface area contributed by atoms with Crippen LogP contribution in [0.15, 0.2) is 42.7 Å². The van der Waals surface area contributed by atoms with Crippen LogP contribution in [-0.4, -0.2) is 65.8 Å². The van der Waals surface area contributed by atoms with Gasteiger partial charge < -0.3 is 14.7 Å². The molecule has 1 aromatic carbocycles. The van der Waals surface area contributed by atoms with Crippen LogP contribution in [0.3, 0.4) is 0 Å². The number of benzene rings is 1. The van der Waals surface area contributed by atoms with Crippen molar-refractivity contribution in [3.63, 3.8) is 0 Å². The third kappa shape index (κ3) is 4.56. The van der Waals surface area contributed by atoms with Gasteiger partial charge in [-0.3, -0.25) is 9.58 Å².